The fourth-order valence-electron chi connectivity index (χ4n) is 2.17. The highest BCUT2D eigenvalue weighted by Gasteiger charge is 2.36. The van der Waals surface area contributed by atoms with Gasteiger partial charge in [-0.1, -0.05) is 0 Å². The molecule has 0 atom stereocenters. The van der Waals surface area contributed by atoms with Gasteiger partial charge in [0.25, 0.3) is 5.91 Å². The highest BCUT2D eigenvalue weighted by Crippen LogP contribution is 2.20. The number of amides is 2. The molecule has 1 saturated heterocycles. The summed E-state index contributed by atoms with van der Waals surface area (Å²) < 4.78 is 26.0. The highest BCUT2D eigenvalue weighted by molar-refractivity contribution is 5.96. The summed E-state index contributed by atoms with van der Waals surface area (Å²) in [4.78, 5) is 27.3. The minimum atomic E-state index is -1.05. The van der Waals surface area contributed by atoms with E-state index in [1.807, 2.05) is 19.0 Å². The molecule has 2 amide bonds. The van der Waals surface area contributed by atoms with Gasteiger partial charge in [0, 0.05) is 31.7 Å². The summed E-state index contributed by atoms with van der Waals surface area (Å²) >= 11 is 0. The van der Waals surface area contributed by atoms with Crippen molar-refractivity contribution in [1.29, 1.82) is 0 Å². The van der Waals surface area contributed by atoms with E-state index in [-0.39, 0.29) is 17.4 Å². The number of benzene rings is 1. The monoisotopic (exact) mass is 311 g/mol. The Morgan fingerprint density at radius 2 is 1.95 bits per heavy atom. The topological polar surface area (TPSA) is 52.7 Å². The van der Waals surface area contributed by atoms with Crippen LogP contribution in [0.3, 0.4) is 0 Å². The van der Waals surface area contributed by atoms with E-state index in [9.17, 15) is 18.4 Å². The minimum absolute atomic E-state index is 0.0869. The van der Waals surface area contributed by atoms with Gasteiger partial charge in [0.1, 0.15) is 0 Å². The van der Waals surface area contributed by atoms with Crippen LogP contribution in [-0.2, 0) is 4.79 Å². The van der Waals surface area contributed by atoms with Crippen molar-refractivity contribution in [3.8, 4) is 0 Å². The Morgan fingerprint density at radius 1 is 1.27 bits per heavy atom. The van der Waals surface area contributed by atoms with Crippen LogP contribution in [-0.4, -0.2) is 61.9 Å². The van der Waals surface area contributed by atoms with Gasteiger partial charge in [0.15, 0.2) is 11.6 Å². The van der Waals surface area contributed by atoms with E-state index in [0.717, 1.165) is 18.7 Å². The van der Waals surface area contributed by atoms with Gasteiger partial charge in [-0.25, -0.2) is 8.78 Å². The lowest BCUT2D eigenvalue weighted by atomic mass is 9.98. The predicted molar refractivity (Wildman–Crippen MR) is 77.3 cm³/mol. The molecular formula is C15H19F2N3O2. The first kappa shape index (κ1) is 16.4. The van der Waals surface area contributed by atoms with E-state index >= 15 is 0 Å². The molecule has 120 valence electrons. The zero-order chi connectivity index (χ0) is 16.3. The summed E-state index contributed by atoms with van der Waals surface area (Å²) in [5.41, 5.74) is 0.0883. The SMILES string of the molecule is CN(C)CCNC(=O)C1CN(C(=O)c2ccc(F)c(F)c2)C1. The van der Waals surface area contributed by atoms with E-state index in [0.29, 0.717) is 19.6 Å². The molecule has 1 aliphatic rings. The van der Waals surface area contributed by atoms with Crippen LogP contribution in [0.15, 0.2) is 18.2 Å². The Morgan fingerprint density at radius 3 is 2.55 bits per heavy atom. The van der Waals surface area contributed by atoms with Crippen molar-refractivity contribution in [2.75, 3.05) is 40.3 Å². The fourth-order valence-corrected chi connectivity index (χ4v) is 2.17. The maximum Gasteiger partial charge on any atom is 0.254 e. The van der Waals surface area contributed by atoms with Crippen LogP contribution < -0.4 is 5.32 Å². The number of likely N-dealkylation sites (tertiary alicyclic amines) is 1. The van der Waals surface area contributed by atoms with Gasteiger partial charge < -0.3 is 15.1 Å². The van der Waals surface area contributed by atoms with Gasteiger partial charge in [-0.05, 0) is 32.3 Å². The van der Waals surface area contributed by atoms with Gasteiger partial charge >= 0.3 is 0 Å². The Balaban J connectivity index is 1.81. The summed E-state index contributed by atoms with van der Waals surface area (Å²) in [5.74, 6) is -2.76. The molecule has 0 unspecified atom stereocenters. The maximum absolute atomic E-state index is 13.1. The summed E-state index contributed by atoms with van der Waals surface area (Å²) in [5, 5.41) is 2.80. The van der Waals surface area contributed by atoms with E-state index in [4.69, 9.17) is 0 Å². The summed E-state index contributed by atoms with van der Waals surface area (Å²) in [6.07, 6.45) is 0. The van der Waals surface area contributed by atoms with Crippen molar-refractivity contribution in [2.24, 2.45) is 5.92 Å². The first-order valence-electron chi connectivity index (χ1n) is 7.05. The molecule has 2 rings (SSSR count). The number of hydrogen-bond acceptors (Lipinski definition) is 3. The van der Waals surface area contributed by atoms with Gasteiger partial charge in [-0.15, -0.1) is 0 Å². The second kappa shape index (κ2) is 6.83. The Bertz CT molecular complexity index is 572. The molecule has 1 aliphatic heterocycles. The Hall–Kier alpha value is -2.02. The van der Waals surface area contributed by atoms with E-state index in [1.54, 1.807) is 0 Å². The number of nitrogens with one attached hydrogen (secondary N) is 1. The third-order valence-corrected chi connectivity index (χ3v) is 3.56. The zero-order valence-corrected chi connectivity index (χ0v) is 12.6. The normalized spacial score (nSPS) is 14.9. The van der Waals surface area contributed by atoms with Crippen molar-refractivity contribution in [3.63, 3.8) is 0 Å². The Kier molecular flexibility index (Phi) is 5.07. The summed E-state index contributed by atoms with van der Waals surface area (Å²) in [6, 6.07) is 3.04. The lowest BCUT2D eigenvalue weighted by molar-refractivity contribution is -0.129. The molecule has 0 aliphatic carbocycles. The first-order valence-corrected chi connectivity index (χ1v) is 7.05. The van der Waals surface area contributed by atoms with Crippen molar-refractivity contribution < 1.29 is 18.4 Å². The van der Waals surface area contributed by atoms with Gasteiger partial charge in [-0.2, -0.15) is 0 Å². The number of rotatable bonds is 5. The van der Waals surface area contributed by atoms with E-state index in [2.05, 4.69) is 5.32 Å². The molecule has 0 aromatic heterocycles. The molecule has 22 heavy (non-hydrogen) atoms. The van der Waals surface area contributed by atoms with Gasteiger partial charge in [0.2, 0.25) is 5.91 Å². The molecule has 0 bridgehead atoms. The molecule has 1 aromatic rings. The van der Waals surface area contributed by atoms with Crippen LogP contribution in [0.4, 0.5) is 8.78 Å². The molecular weight excluding hydrogens is 292 g/mol. The molecule has 1 heterocycles. The number of likely N-dealkylation sites (N-methyl/N-ethyl adjacent to an activating group) is 1. The van der Waals surface area contributed by atoms with Crippen LogP contribution >= 0.6 is 0 Å². The average Bonchev–Trinajstić information content (AvgIpc) is 2.39. The fraction of sp³-hybridized carbons (Fsp3) is 0.467. The van der Waals surface area contributed by atoms with Gasteiger partial charge in [0.05, 0.1) is 5.92 Å². The molecule has 5 nitrogen and oxygen atoms in total. The van der Waals surface area contributed by atoms with Crippen LogP contribution in [0, 0.1) is 17.6 Å². The third kappa shape index (κ3) is 3.79. The molecule has 0 spiro atoms. The van der Waals surface area contributed by atoms with Crippen molar-refractivity contribution in [1.82, 2.24) is 15.1 Å². The molecule has 1 N–H and O–H groups in total. The van der Waals surface area contributed by atoms with Crippen LogP contribution in [0.5, 0.6) is 0 Å². The largest absolute Gasteiger partial charge is 0.354 e. The lowest BCUT2D eigenvalue weighted by Crippen LogP contribution is -2.56. The van der Waals surface area contributed by atoms with Crippen molar-refractivity contribution in [3.05, 3.63) is 35.4 Å². The smallest absolute Gasteiger partial charge is 0.254 e. The number of nitrogens with zero attached hydrogens (tertiary/aromatic N) is 2. The van der Waals surface area contributed by atoms with Crippen molar-refractivity contribution >= 4 is 11.8 Å². The number of halogens is 2. The average molecular weight is 311 g/mol. The molecule has 1 fully saturated rings. The summed E-state index contributed by atoms with van der Waals surface area (Å²) in [6.45, 7) is 1.90. The standard InChI is InChI=1S/C15H19F2N3O2/c1-19(2)6-5-18-14(21)11-8-20(9-11)15(22)10-3-4-12(16)13(17)7-10/h3-4,7,11H,5-6,8-9H2,1-2H3,(H,18,21). The lowest BCUT2D eigenvalue weighted by Gasteiger charge is -2.38. The number of carbonyl (C=O) groups is 2. The Labute approximate surface area is 127 Å². The first-order chi connectivity index (χ1) is 10.4. The molecule has 7 heteroatoms. The summed E-state index contributed by atoms with van der Waals surface area (Å²) in [7, 11) is 3.83. The second-order valence-corrected chi connectivity index (χ2v) is 5.63. The quantitative estimate of drug-likeness (QED) is 0.871. The number of hydrogen-bond donors (Lipinski definition) is 1. The van der Waals surface area contributed by atoms with E-state index < -0.39 is 17.5 Å². The molecule has 1 aromatic carbocycles. The van der Waals surface area contributed by atoms with Crippen LogP contribution in [0.25, 0.3) is 0 Å². The predicted octanol–water partition coefficient (Wildman–Crippen LogP) is 0.715. The molecule has 0 saturated carbocycles. The highest BCUT2D eigenvalue weighted by atomic mass is 19.2. The molecule has 0 radical (unpaired) electrons. The zero-order valence-electron chi connectivity index (χ0n) is 12.6. The maximum atomic E-state index is 13.1. The van der Waals surface area contributed by atoms with E-state index in [1.165, 1.54) is 11.0 Å². The van der Waals surface area contributed by atoms with Crippen LogP contribution in [0.2, 0.25) is 0 Å². The van der Waals surface area contributed by atoms with Crippen molar-refractivity contribution in [2.45, 2.75) is 0 Å². The number of carbonyl (C=O) groups excluding carboxylic acids is 2. The third-order valence-electron chi connectivity index (χ3n) is 3.56. The minimum Gasteiger partial charge on any atom is -0.354 e. The van der Waals surface area contributed by atoms with Gasteiger partial charge in [-0.3, -0.25) is 9.59 Å². The second-order valence-electron chi connectivity index (χ2n) is 5.63. The van der Waals surface area contributed by atoms with Crippen LogP contribution in [0.1, 0.15) is 10.4 Å².